The van der Waals surface area contributed by atoms with Gasteiger partial charge in [-0.3, -0.25) is 4.90 Å². The van der Waals surface area contributed by atoms with Crippen LogP contribution in [-0.4, -0.2) is 41.6 Å². The van der Waals surface area contributed by atoms with Crippen LogP contribution in [0.2, 0.25) is 0 Å². The highest BCUT2D eigenvalue weighted by atomic mass is 32.2. The van der Waals surface area contributed by atoms with Crippen molar-refractivity contribution in [2.24, 2.45) is 0 Å². The van der Waals surface area contributed by atoms with E-state index in [0.29, 0.717) is 22.7 Å². The van der Waals surface area contributed by atoms with Gasteiger partial charge in [0.05, 0.1) is 5.56 Å². The predicted molar refractivity (Wildman–Crippen MR) is 79.6 cm³/mol. The number of rotatable bonds is 4. The Hall–Kier alpha value is -1.18. The molecule has 0 amide bonds. The third kappa shape index (κ3) is 4.15. The van der Waals surface area contributed by atoms with Gasteiger partial charge in [-0.1, -0.05) is 12.1 Å². The van der Waals surface area contributed by atoms with Crippen LogP contribution in [-0.2, 0) is 0 Å². The fourth-order valence-electron chi connectivity index (χ4n) is 2.27. The van der Waals surface area contributed by atoms with Crippen molar-refractivity contribution in [1.82, 2.24) is 4.90 Å². The fourth-order valence-corrected chi connectivity index (χ4v) is 3.45. The Morgan fingerprint density at radius 1 is 1.42 bits per heavy atom. The van der Waals surface area contributed by atoms with Gasteiger partial charge in [-0.05, 0) is 26.0 Å². The molecule has 1 aromatic carbocycles. The number of benzene rings is 1. The molecule has 0 aliphatic carbocycles. The largest absolute Gasteiger partial charge is 0.491 e. The van der Waals surface area contributed by atoms with Crippen molar-refractivity contribution in [2.75, 3.05) is 32.0 Å². The quantitative estimate of drug-likeness (QED) is 0.847. The monoisotopic (exact) mass is 276 g/mol. The Labute approximate surface area is 119 Å². The van der Waals surface area contributed by atoms with Gasteiger partial charge in [0.1, 0.15) is 18.4 Å². The van der Waals surface area contributed by atoms with Crippen LogP contribution in [0, 0.1) is 11.3 Å². The summed E-state index contributed by atoms with van der Waals surface area (Å²) in [6.45, 7) is 8.35. The van der Waals surface area contributed by atoms with Crippen molar-refractivity contribution < 1.29 is 4.74 Å². The van der Waals surface area contributed by atoms with Crippen LogP contribution in [0.25, 0.3) is 0 Å². The Morgan fingerprint density at radius 3 is 2.95 bits per heavy atom. The summed E-state index contributed by atoms with van der Waals surface area (Å²) < 4.78 is 6.06. The predicted octanol–water partition coefficient (Wildman–Crippen LogP) is 2.76. The molecule has 4 heteroatoms. The van der Waals surface area contributed by atoms with E-state index in [1.165, 1.54) is 5.75 Å². The zero-order valence-corrected chi connectivity index (χ0v) is 12.4. The fraction of sp³-hybridized carbons (Fsp3) is 0.533. The highest BCUT2D eigenvalue weighted by molar-refractivity contribution is 8.00. The topological polar surface area (TPSA) is 36.3 Å². The van der Waals surface area contributed by atoms with E-state index in [-0.39, 0.29) is 0 Å². The summed E-state index contributed by atoms with van der Waals surface area (Å²) in [4.78, 5) is 2.44. The Balaban J connectivity index is 1.82. The third-order valence-electron chi connectivity index (χ3n) is 3.18. The zero-order chi connectivity index (χ0) is 13.7. The van der Waals surface area contributed by atoms with E-state index in [1.807, 2.05) is 30.0 Å². The molecular formula is C15H20N2OS. The van der Waals surface area contributed by atoms with Gasteiger partial charge in [0.2, 0.25) is 0 Å². The van der Waals surface area contributed by atoms with E-state index in [2.05, 4.69) is 24.8 Å². The smallest absolute Gasteiger partial charge is 0.137 e. The van der Waals surface area contributed by atoms with Gasteiger partial charge in [0.25, 0.3) is 0 Å². The summed E-state index contributed by atoms with van der Waals surface area (Å²) >= 11 is 2.03. The van der Waals surface area contributed by atoms with Crippen LogP contribution in [0.4, 0.5) is 0 Å². The second-order valence-corrected chi connectivity index (χ2v) is 7.14. The van der Waals surface area contributed by atoms with Crippen molar-refractivity contribution in [3.8, 4) is 11.8 Å². The van der Waals surface area contributed by atoms with Crippen LogP contribution in [0.3, 0.4) is 0 Å². The van der Waals surface area contributed by atoms with Crippen LogP contribution < -0.4 is 4.74 Å². The summed E-state index contributed by atoms with van der Waals surface area (Å²) in [5, 5.41) is 8.99. The minimum absolute atomic E-state index is 0.336. The minimum atomic E-state index is 0.336. The molecule has 102 valence electrons. The lowest BCUT2D eigenvalue weighted by Gasteiger charge is -2.37. The highest BCUT2D eigenvalue weighted by Gasteiger charge is 2.26. The number of hydrogen-bond acceptors (Lipinski definition) is 4. The standard InChI is InChI=1S/C15H20N2OS/c1-15(2)12-17(8-10-19-15)7-9-18-14-6-4-3-5-13(14)11-16/h3-6H,7-10,12H2,1-2H3. The number of nitriles is 1. The normalized spacial score (nSPS) is 18.8. The Bertz CT molecular complexity index is 467. The SMILES string of the molecule is CC1(C)CN(CCOc2ccccc2C#N)CCS1. The molecule has 1 saturated heterocycles. The summed E-state index contributed by atoms with van der Waals surface area (Å²) in [5.41, 5.74) is 0.608. The molecule has 1 heterocycles. The Kier molecular flexibility index (Phi) is 4.73. The number of nitrogens with zero attached hydrogens (tertiary/aromatic N) is 2. The molecule has 2 rings (SSSR count). The summed E-state index contributed by atoms with van der Waals surface area (Å²) in [7, 11) is 0. The van der Waals surface area contributed by atoms with Crippen LogP contribution in [0.5, 0.6) is 5.75 Å². The molecule has 1 fully saturated rings. The van der Waals surface area contributed by atoms with Crippen molar-refractivity contribution in [3.05, 3.63) is 29.8 Å². The third-order valence-corrected chi connectivity index (χ3v) is 4.47. The van der Waals surface area contributed by atoms with E-state index in [0.717, 1.165) is 19.6 Å². The van der Waals surface area contributed by atoms with Crippen molar-refractivity contribution in [1.29, 1.82) is 5.26 Å². The first kappa shape index (κ1) is 14.2. The van der Waals surface area contributed by atoms with Crippen LogP contribution >= 0.6 is 11.8 Å². The van der Waals surface area contributed by atoms with E-state index in [9.17, 15) is 0 Å². The number of para-hydroxylation sites is 1. The molecule has 3 nitrogen and oxygen atoms in total. The maximum absolute atomic E-state index is 8.99. The van der Waals surface area contributed by atoms with E-state index in [4.69, 9.17) is 10.00 Å². The molecule has 0 saturated carbocycles. The zero-order valence-electron chi connectivity index (χ0n) is 11.6. The van der Waals surface area contributed by atoms with Crippen molar-refractivity contribution >= 4 is 11.8 Å². The Morgan fingerprint density at radius 2 is 2.21 bits per heavy atom. The van der Waals surface area contributed by atoms with Gasteiger partial charge in [-0.15, -0.1) is 0 Å². The maximum Gasteiger partial charge on any atom is 0.137 e. The van der Waals surface area contributed by atoms with E-state index >= 15 is 0 Å². The average Bonchev–Trinajstić information content (AvgIpc) is 2.38. The molecule has 1 aromatic rings. The summed E-state index contributed by atoms with van der Waals surface area (Å²) in [5.74, 6) is 1.87. The first-order chi connectivity index (χ1) is 9.11. The van der Waals surface area contributed by atoms with Gasteiger partial charge in [0.15, 0.2) is 0 Å². The number of thioether (sulfide) groups is 1. The molecular weight excluding hydrogens is 256 g/mol. The van der Waals surface area contributed by atoms with E-state index < -0.39 is 0 Å². The molecule has 0 atom stereocenters. The van der Waals surface area contributed by atoms with Gasteiger partial charge in [0, 0.05) is 30.1 Å². The second kappa shape index (κ2) is 6.31. The van der Waals surface area contributed by atoms with Crippen molar-refractivity contribution in [3.63, 3.8) is 0 Å². The van der Waals surface area contributed by atoms with Crippen LogP contribution in [0.1, 0.15) is 19.4 Å². The molecule has 0 radical (unpaired) electrons. The van der Waals surface area contributed by atoms with Gasteiger partial charge in [-0.25, -0.2) is 0 Å². The second-order valence-electron chi connectivity index (χ2n) is 5.34. The molecule has 0 aromatic heterocycles. The lowest BCUT2D eigenvalue weighted by Crippen LogP contribution is -2.44. The summed E-state index contributed by atoms with van der Waals surface area (Å²) in [6, 6.07) is 9.56. The van der Waals surface area contributed by atoms with Gasteiger partial charge < -0.3 is 4.74 Å². The summed E-state index contributed by atoms with van der Waals surface area (Å²) in [6.07, 6.45) is 0. The maximum atomic E-state index is 8.99. The first-order valence-corrected chi connectivity index (χ1v) is 7.57. The molecule has 1 aliphatic heterocycles. The van der Waals surface area contributed by atoms with Crippen molar-refractivity contribution in [2.45, 2.75) is 18.6 Å². The first-order valence-electron chi connectivity index (χ1n) is 6.59. The van der Waals surface area contributed by atoms with Crippen LogP contribution in [0.15, 0.2) is 24.3 Å². The van der Waals surface area contributed by atoms with Gasteiger partial charge >= 0.3 is 0 Å². The molecule has 19 heavy (non-hydrogen) atoms. The lowest BCUT2D eigenvalue weighted by molar-refractivity contribution is 0.202. The molecule has 1 aliphatic rings. The van der Waals surface area contributed by atoms with E-state index in [1.54, 1.807) is 6.07 Å². The lowest BCUT2D eigenvalue weighted by atomic mass is 10.2. The highest BCUT2D eigenvalue weighted by Crippen LogP contribution is 2.29. The molecule has 0 unspecified atom stereocenters. The number of hydrogen-bond donors (Lipinski definition) is 0. The number of ether oxygens (including phenoxy) is 1. The molecule has 0 N–H and O–H groups in total. The molecule has 0 bridgehead atoms. The van der Waals surface area contributed by atoms with Gasteiger partial charge in [-0.2, -0.15) is 17.0 Å². The molecule has 0 spiro atoms. The average molecular weight is 276 g/mol. The minimum Gasteiger partial charge on any atom is -0.491 e.